The maximum Gasteiger partial charge on any atom is 0.0701 e. The van der Waals surface area contributed by atoms with E-state index < -0.39 is 0 Å². The average Bonchev–Trinajstić information content (AvgIpc) is 3.14. The second-order valence-electron chi connectivity index (χ2n) is 6.84. The average molecular weight is 348 g/mol. The summed E-state index contributed by atoms with van der Waals surface area (Å²) < 4.78 is 3.10. The van der Waals surface area contributed by atoms with Gasteiger partial charge in [-0.05, 0) is 57.4 Å². The minimum Gasteiger partial charge on any atom is -0.308 e. The lowest BCUT2D eigenvalue weighted by Crippen LogP contribution is -2.35. The molecule has 0 spiro atoms. The molecular formula is C17H22BrN3. The van der Waals surface area contributed by atoms with Gasteiger partial charge in [0, 0.05) is 28.7 Å². The molecule has 0 amide bonds. The van der Waals surface area contributed by atoms with Gasteiger partial charge in [-0.2, -0.15) is 5.10 Å². The van der Waals surface area contributed by atoms with Crippen LogP contribution in [0.25, 0.3) is 5.69 Å². The Balaban J connectivity index is 1.89. The Morgan fingerprint density at radius 2 is 2.05 bits per heavy atom. The number of hydrogen-bond acceptors (Lipinski definition) is 2. The van der Waals surface area contributed by atoms with Crippen molar-refractivity contribution in [2.45, 2.75) is 51.6 Å². The molecule has 1 N–H and O–H groups in total. The van der Waals surface area contributed by atoms with E-state index in [0.29, 0.717) is 5.92 Å². The number of nitrogens with zero attached hydrogens (tertiary/aromatic N) is 2. The molecule has 1 heterocycles. The fraction of sp³-hybridized carbons (Fsp3) is 0.471. The van der Waals surface area contributed by atoms with Crippen LogP contribution in [0.2, 0.25) is 0 Å². The summed E-state index contributed by atoms with van der Waals surface area (Å²) in [6, 6.07) is 8.55. The molecule has 112 valence electrons. The Kier molecular flexibility index (Phi) is 3.93. The normalized spacial score (nSPS) is 15.4. The quantitative estimate of drug-likeness (QED) is 0.888. The van der Waals surface area contributed by atoms with Crippen LogP contribution in [-0.2, 0) is 6.54 Å². The summed E-state index contributed by atoms with van der Waals surface area (Å²) in [7, 11) is 0. The Bertz CT molecular complexity index is 636. The van der Waals surface area contributed by atoms with E-state index in [2.05, 4.69) is 72.5 Å². The van der Waals surface area contributed by atoms with E-state index >= 15 is 0 Å². The molecule has 3 rings (SSSR count). The molecule has 0 atom stereocenters. The molecule has 0 radical (unpaired) electrons. The predicted octanol–water partition coefficient (Wildman–Crippen LogP) is 4.40. The summed E-state index contributed by atoms with van der Waals surface area (Å²) in [4.78, 5) is 0. The van der Waals surface area contributed by atoms with E-state index in [1.807, 2.05) is 4.68 Å². The smallest absolute Gasteiger partial charge is 0.0701 e. The monoisotopic (exact) mass is 347 g/mol. The SMILES string of the molecule is CC(C)(C)NCc1ccc(Br)cc1-n1ccc(C2CC2)n1. The Labute approximate surface area is 134 Å². The highest BCUT2D eigenvalue weighted by atomic mass is 79.9. The van der Waals surface area contributed by atoms with Gasteiger partial charge < -0.3 is 5.32 Å². The van der Waals surface area contributed by atoms with E-state index in [1.54, 1.807) is 0 Å². The summed E-state index contributed by atoms with van der Waals surface area (Å²) in [6.45, 7) is 7.39. The maximum atomic E-state index is 4.76. The molecule has 0 bridgehead atoms. The molecule has 0 aliphatic heterocycles. The van der Waals surface area contributed by atoms with Crippen LogP contribution in [0.4, 0.5) is 0 Å². The Morgan fingerprint density at radius 1 is 1.29 bits per heavy atom. The summed E-state index contributed by atoms with van der Waals surface area (Å²) in [6.07, 6.45) is 4.65. The molecule has 3 nitrogen and oxygen atoms in total. The zero-order valence-corrected chi connectivity index (χ0v) is 14.4. The van der Waals surface area contributed by atoms with Gasteiger partial charge in [-0.3, -0.25) is 0 Å². The molecule has 4 heteroatoms. The second-order valence-corrected chi connectivity index (χ2v) is 7.75. The minimum atomic E-state index is 0.105. The molecule has 1 aliphatic rings. The third kappa shape index (κ3) is 3.74. The minimum absolute atomic E-state index is 0.105. The lowest BCUT2D eigenvalue weighted by molar-refractivity contribution is 0.424. The molecule has 1 saturated carbocycles. The van der Waals surface area contributed by atoms with Crippen LogP contribution < -0.4 is 5.32 Å². The van der Waals surface area contributed by atoms with Gasteiger partial charge in [0.2, 0.25) is 0 Å². The van der Waals surface area contributed by atoms with Crippen LogP contribution in [0, 0.1) is 0 Å². The topological polar surface area (TPSA) is 29.9 Å². The molecule has 2 aromatic rings. The lowest BCUT2D eigenvalue weighted by atomic mass is 10.1. The highest BCUT2D eigenvalue weighted by molar-refractivity contribution is 9.10. The van der Waals surface area contributed by atoms with Crippen LogP contribution in [-0.4, -0.2) is 15.3 Å². The fourth-order valence-corrected chi connectivity index (χ4v) is 2.68. The van der Waals surface area contributed by atoms with Gasteiger partial charge in [0.25, 0.3) is 0 Å². The van der Waals surface area contributed by atoms with E-state index in [-0.39, 0.29) is 5.54 Å². The van der Waals surface area contributed by atoms with Crippen LogP contribution in [0.15, 0.2) is 34.9 Å². The van der Waals surface area contributed by atoms with Gasteiger partial charge in [-0.1, -0.05) is 22.0 Å². The molecule has 1 aromatic heterocycles. The van der Waals surface area contributed by atoms with Crippen molar-refractivity contribution in [3.63, 3.8) is 0 Å². The van der Waals surface area contributed by atoms with Crippen molar-refractivity contribution < 1.29 is 0 Å². The molecular weight excluding hydrogens is 326 g/mol. The molecule has 21 heavy (non-hydrogen) atoms. The number of rotatable bonds is 4. The van der Waals surface area contributed by atoms with Gasteiger partial charge in [0.1, 0.15) is 0 Å². The largest absolute Gasteiger partial charge is 0.308 e. The number of nitrogens with one attached hydrogen (secondary N) is 1. The van der Waals surface area contributed by atoms with E-state index in [9.17, 15) is 0 Å². The first-order valence-electron chi connectivity index (χ1n) is 7.52. The zero-order valence-electron chi connectivity index (χ0n) is 12.9. The Hall–Kier alpha value is -1.13. The van der Waals surface area contributed by atoms with Crippen molar-refractivity contribution >= 4 is 15.9 Å². The molecule has 0 saturated heterocycles. The number of hydrogen-bond donors (Lipinski definition) is 1. The first-order valence-corrected chi connectivity index (χ1v) is 8.31. The summed E-state index contributed by atoms with van der Waals surface area (Å²) in [5, 5.41) is 8.31. The van der Waals surface area contributed by atoms with Gasteiger partial charge in [-0.25, -0.2) is 4.68 Å². The van der Waals surface area contributed by atoms with Crippen molar-refractivity contribution in [2.75, 3.05) is 0 Å². The van der Waals surface area contributed by atoms with Crippen LogP contribution >= 0.6 is 15.9 Å². The van der Waals surface area contributed by atoms with E-state index in [0.717, 1.165) is 16.7 Å². The van der Waals surface area contributed by atoms with Crippen molar-refractivity contribution in [1.82, 2.24) is 15.1 Å². The van der Waals surface area contributed by atoms with E-state index in [4.69, 9.17) is 5.10 Å². The molecule has 1 fully saturated rings. The lowest BCUT2D eigenvalue weighted by Gasteiger charge is -2.21. The number of halogens is 1. The van der Waals surface area contributed by atoms with Crippen LogP contribution in [0.3, 0.4) is 0 Å². The molecule has 1 aliphatic carbocycles. The zero-order chi connectivity index (χ0) is 15.0. The Morgan fingerprint density at radius 3 is 2.71 bits per heavy atom. The highest BCUT2D eigenvalue weighted by Crippen LogP contribution is 2.39. The van der Waals surface area contributed by atoms with Crippen molar-refractivity contribution in [1.29, 1.82) is 0 Å². The first-order chi connectivity index (χ1) is 9.92. The van der Waals surface area contributed by atoms with Crippen LogP contribution in [0.1, 0.15) is 50.8 Å². The van der Waals surface area contributed by atoms with Crippen LogP contribution in [0.5, 0.6) is 0 Å². The third-order valence-electron chi connectivity index (χ3n) is 3.71. The van der Waals surface area contributed by atoms with Gasteiger partial charge in [-0.15, -0.1) is 0 Å². The number of benzene rings is 1. The van der Waals surface area contributed by atoms with Crippen molar-refractivity contribution in [2.24, 2.45) is 0 Å². The van der Waals surface area contributed by atoms with Gasteiger partial charge in [0.05, 0.1) is 11.4 Å². The standard InChI is InChI=1S/C17H22BrN3/c1-17(2,3)19-11-13-6-7-14(18)10-16(13)21-9-8-15(20-21)12-4-5-12/h6-10,12,19H,4-5,11H2,1-3H3. The van der Waals surface area contributed by atoms with Gasteiger partial charge >= 0.3 is 0 Å². The summed E-state index contributed by atoms with van der Waals surface area (Å²) in [5.74, 6) is 0.689. The summed E-state index contributed by atoms with van der Waals surface area (Å²) >= 11 is 3.57. The highest BCUT2D eigenvalue weighted by Gasteiger charge is 2.26. The van der Waals surface area contributed by atoms with Crippen molar-refractivity contribution in [3.8, 4) is 5.69 Å². The third-order valence-corrected chi connectivity index (χ3v) is 4.20. The van der Waals surface area contributed by atoms with Gasteiger partial charge in [0.15, 0.2) is 0 Å². The molecule has 0 unspecified atom stereocenters. The fourth-order valence-electron chi connectivity index (χ4n) is 2.33. The van der Waals surface area contributed by atoms with Crippen molar-refractivity contribution in [3.05, 3.63) is 46.2 Å². The number of aromatic nitrogens is 2. The molecule has 1 aromatic carbocycles. The summed E-state index contributed by atoms with van der Waals surface area (Å²) in [5.41, 5.74) is 3.74. The predicted molar refractivity (Wildman–Crippen MR) is 89.8 cm³/mol. The first kappa shape index (κ1) is 14.8. The maximum absolute atomic E-state index is 4.76. The second kappa shape index (κ2) is 5.58. The van der Waals surface area contributed by atoms with E-state index in [1.165, 1.54) is 24.1 Å².